The van der Waals surface area contributed by atoms with Gasteiger partial charge < -0.3 is 4.52 Å². The first-order valence-electron chi connectivity index (χ1n) is 5.94. The van der Waals surface area contributed by atoms with Gasteiger partial charge in [0.05, 0.1) is 6.20 Å². The lowest BCUT2D eigenvalue weighted by Crippen LogP contribution is -2.16. The second-order valence-corrected chi connectivity index (χ2v) is 5.85. The minimum Gasteiger partial charge on any atom is -0.354 e. The molecule has 0 atom stereocenters. The molecule has 0 radical (unpaired) electrons. The zero-order valence-electron chi connectivity index (χ0n) is 11.0. The number of aromatic nitrogens is 4. The van der Waals surface area contributed by atoms with Crippen molar-refractivity contribution in [3.63, 3.8) is 0 Å². The van der Waals surface area contributed by atoms with Crippen LogP contribution in [0, 0.1) is 0 Å². The summed E-state index contributed by atoms with van der Waals surface area (Å²) in [5.41, 5.74) is 0.705. The van der Waals surface area contributed by atoms with Gasteiger partial charge in [-0.05, 0) is 18.2 Å². The van der Waals surface area contributed by atoms with Crippen LogP contribution in [0.15, 0.2) is 52.4 Å². The summed E-state index contributed by atoms with van der Waals surface area (Å²) in [6, 6.07) is 6.42. The first-order chi connectivity index (χ1) is 10.1. The maximum atomic E-state index is 12.2. The van der Waals surface area contributed by atoms with E-state index in [9.17, 15) is 8.42 Å². The summed E-state index contributed by atoms with van der Waals surface area (Å²) in [5, 5.41) is 7.55. The molecule has 0 spiro atoms. The van der Waals surface area contributed by atoms with Crippen molar-refractivity contribution in [3.05, 3.63) is 42.9 Å². The molecule has 3 aromatic rings. The summed E-state index contributed by atoms with van der Waals surface area (Å²) in [4.78, 5) is 3.96. The van der Waals surface area contributed by atoms with Crippen LogP contribution in [0.25, 0.3) is 11.3 Å². The van der Waals surface area contributed by atoms with E-state index in [1.165, 1.54) is 23.0 Å². The molecule has 0 saturated heterocycles. The van der Waals surface area contributed by atoms with Gasteiger partial charge in [-0.25, -0.2) is 0 Å². The Morgan fingerprint density at radius 3 is 2.81 bits per heavy atom. The first-order valence-corrected chi connectivity index (χ1v) is 7.42. The fourth-order valence-electron chi connectivity index (χ4n) is 1.78. The number of nitrogens with zero attached hydrogens (tertiary/aromatic N) is 4. The fourth-order valence-corrected chi connectivity index (χ4v) is 2.89. The van der Waals surface area contributed by atoms with Gasteiger partial charge in [0.15, 0.2) is 16.6 Å². The van der Waals surface area contributed by atoms with Crippen molar-refractivity contribution < 1.29 is 12.9 Å². The Morgan fingerprint density at radius 1 is 1.29 bits per heavy atom. The molecule has 3 heterocycles. The molecule has 0 fully saturated rings. The molecule has 0 aliphatic rings. The zero-order valence-corrected chi connectivity index (χ0v) is 11.8. The summed E-state index contributed by atoms with van der Waals surface area (Å²) < 4.78 is 33.0. The molecule has 0 aliphatic heterocycles. The Hall–Kier alpha value is -2.68. The van der Waals surface area contributed by atoms with Crippen molar-refractivity contribution in [2.75, 3.05) is 4.72 Å². The zero-order chi connectivity index (χ0) is 14.9. The van der Waals surface area contributed by atoms with E-state index in [1.807, 2.05) is 0 Å². The summed E-state index contributed by atoms with van der Waals surface area (Å²) in [7, 11) is -2.22. The maximum Gasteiger partial charge on any atom is 0.280 e. The maximum absolute atomic E-state index is 12.2. The average molecular weight is 305 g/mol. The largest absolute Gasteiger partial charge is 0.354 e. The van der Waals surface area contributed by atoms with E-state index in [0.717, 1.165) is 0 Å². The quantitative estimate of drug-likeness (QED) is 0.778. The van der Waals surface area contributed by atoms with Crippen LogP contribution in [0.5, 0.6) is 0 Å². The second kappa shape index (κ2) is 5.02. The number of pyridine rings is 1. The van der Waals surface area contributed by atoms with Gasteiger partial charge in [0.2, 0.25) is 0 Å². The minimum atomic E-state index is -3.76. The van der Waals surface area contributed by atoms with Crippen LogP contribution in [-0.2, 0) is 17.1 Å². The van der Waals surface area contributed by atoms with E-state index < -0.39 is 10.0 Å². The number of hydrogen-bond acceptors (Lipinski definition) is 6. The molecular weight excluding hydrogens is 294 g/mol. The van der Waals surface area contributed by atoms with Gasteiger partial charge in [-0.1, -0.05) is 5.16 Å². The van der Waals surface area contributed by atoms with Crippen LogP contribution >= 0.6 is 0 Å². The van der Waals surface area contributed by atoms with E-state index in [4.69, 9.17) is 4.52 Å². The van der Waals surface area contributed by atoms with Gasteiger partial charge in [0.1, 0.15) is 0 Å². The molecule has 0 saturated carbocycles. The molecule has 21 heavy (non-hydrogen) atoms. The van der Waals surface area contributed by atoms with E-state index in [-0.39, 0.29) is 10.8 Å². The smallest absolute Gasteiger partial charge is 0.280 e. The van der Waals surface area contributed by atoms with E-state index in [1.54, 1.807) is 31.6 Å². The molecule has 0 aromatic carbocycles. The number of rotatable bonds is 4. The number of aryl methyl sites for hydroxylation is 1. The Labute approximate surface area is 120 Å². The van der Waals surface area contributed by atoms with Crippen LogP contribution in [0.2, 0.25) is 0 Å². The highest BCUT2D eigenvalue weighted by atomic mass is 32.2. The van der Waals surface area contributed by atoms with Crippen LogP contribution in [0.3, 0.4) is 0 Å². The molecule has 8 nitrogen and oxygen atoms in total. The Kier molecular flexibility index (Phi) is 3.18. The van der Waals surface area contributed by atoms with Gasteiger partial charge in [-0.15, -0.1) is 0 Å². The highest BCUT2D eigenvalue weighted by molar-refractivity contribution is 7.92. The van der Waals surface area contributed by atoms with Crippen LogP contribution < -0.4 is 4.72 Å². The molecule has 0 aliphatic carbocycles. The number of hydrogen-bond donors (Lipinski definition) is 1. The predicted molar refractivity (Wildman–Crippen MR) is 73.8 cm³/mol. The normalized spacial score (nSPS) is 11.5. The van der Waals surface area contributed by atoms with Gasteiger partial charge in [-0.3, -0.25) is 14.4 Å². The van der Waals surface area contributed by atoms with Crippen molar-refractivity contribution >= 4 is 15.8 Å². The molecule has 3 aromatic heterocycles. The molecule has 108 valence electrons. The summed E-state index contributed by atoms with van der Waals surface area (Å²) >= 11 is 0. The van der Waals surface area contributed by atoms with Gasteiger partial charge in [-0.2, -0.15) is 13.5 Å². The lowest BCUT2D eigenvalue weighted by Gasteiger charge is -2.04. The molecule has 1 N–H and O–H groups in total. The highest BCUT2D eigenvalue weighted by Crippen LogP contribution is 2.22. The van der Waals surface area contributed by atoms with Crippen molar-refractivity contribution in [1.82, 2.24) is 19.9 Å². The number of anilines is 1. The topological polar surface area (TPSA) is 103 Å². The van der Waals surface area contributed by atoms with Gasteiger partial charge >= 0.3 is 0 Å². The number of nitrogens with one attached hydrogen (secondary N) is 1. The Balaban J connectivity index is 1.87. The van der Waals surface area contributed by atoms with E-state index in [2.05, 4.69) is 20.0 Å². The molecular formula is C12H11N5O3S. The third kappa shape index (κ3) is 2.63. The first kappa shape index (κ1) is 13.3. The monoisotopic (exact) mass is 305 g/mol. The van der Waals surface area contributed by atoms with Crippen LogP contribution in [0.4, 0.5) is 5.82 Å². The van der Waals surface area contributed by atoms with Gasteiger partial charge in [0, 0.05) is 31.1 Å². The summed E-state index contributed by atoms with van der Waals surface area (Å²) in [6.45, 7) is 0. The lowest BCUT2D eigenvalue weighted by molar-refractivity contribution is 0.435. The van der Waals surface area contributed by atoms with Crippen LogP contribution in [0.1, 0.15) is 0 Å². The minimum absolute atomic E-state index is 0.0356. The number of sulfonamides is 1. The van der Waals surface area contributed by atoms with Gasteiger partial charge in [0.25, 0.3) is 10.0 Å². The second-order valence-electron chi connectivity index (χ2n) is 4.22. The fraction of sp³-hybridized carbons (Fsp3) is 0.0833. The van der Waals surface area contributed by atoms with E-state index >= 15 is 0 Å². The SMILES string of the molecule is Cn1nccc1S(=O)(=O)Nc1cc(-c2cccnc2)on1. The molecule has 0 amide bonds. The molecule has 0 unspecified atom stereocenters. The highest BCUT2D eigenvalue weighted by Gasteiger charge is 2.20. The lowest BCUT2D eigenvalue weighted by atomic mass is 10.2. The molecule has 9 heteroatoms. The van der Waals surface area contributed by atoms with Crippen molar-refractivity contribution in [2.24, 2.45) is 7.05 Å². The Morgan fingerprint density at radius 2 is 2.14 bits per heavy atom. The Bertz CT molecular complexity index is 854. The summed E-state index contributed by atoms with van der Waals surface area (Å²) in [5.74, 6) is 0.515. The average Bonchev–Trinajstić information content (AvgIpc) is 3.08. The van der Waals surface area contributed by atoms with Crippen molar-refractivity contribution in [3.8, 4) is 11.3 Å². The van der Waals surface area contributed by atoms with Crippen LogP contribution in [-0.4, -0.2) is 28.3 Å². The van der Waals surface area contributed by atoms with E-state index in [0.29, 0.717) is 11.3 Å². The third-order valence-electron chi connectivity index (χ3n) is 2.75. The van der Waals surface area contributed by atoms with Crippen molar-refractivity contribution in [2.45, 2.75) is 5.03 Å². The third-order valence-corrected chi connectivity index (χ3v) is 4.18. The standard InChI is InChI=1S/C12H11N5O3S/c1-17-12(4-6-14-17)21(18,19)16-11-7-10(20-15-11)9-3-2-5-13-8-9/h2-8H,1H3,(H,15,16). The van der Waals surface area contributed by atoms with Crippen molar-refractivity contribution in [1.29, 1.82) is 0 Å². The predicted octanol–water partition coefficient (Wildman–Crippen LogP) is 1.27. The molecule has 3 rings (SSSR count). The summed E-state index contributed by atoms with van der Waals surface area (Å²) in [6.07, 6.45) is 4.63. The molecule has 0 bridgehead atoms.